The zero-order chi connectivity index (χ0) is 18.4. The van der Waals surface area contributed by atoms with Crippen LogP contribution in [-0.2, 0) is 10.0 Å². The lowest BCUT2D eigenvalue weighted by molar-refractivity contribution is 0.0935. The first-order valence-electron chi connectivity index (χ1n) is 7.85. The number of amides is 1. The molecule has 134 valence electrons. The first kappa shape index (κ1) is 18.8. The van der Waals surface area contributed by atoms with E-state index in [1.807, 2.05) is 31.2 Å². The predicted octanol–water partition coefficient (Wildman–Crippen LogP) is 2.95. The molecule has 1 atom stereocenters. The van der Waals surface area contributed by atoms with Gasteiger partial charge in [-0.2, -0.15) is 0 Å². The second-order valence-corrected chi connectivity index (χ2v) is 7.41. The molecule has 0 saturated carbocycles. The Balaban J connectivity index is 2.08. The Labute approximate surface area is 148 Å². The van der Waals surface area contributed by atoms with Crippen molar-refractivity contribution in [3.63, 3.8) is 0 Å². The minimum Gasteiger partial charge on any atom is -0.497 e. The summed E-state index contributed by atoms with van der Waals surface area (Å²) in [6, 6.07) is 13.7. The number of rotatable bonds is 7. The molecular formula is C18H22N2O4S. The summed E-state index contributed by atoms with van der Waals surface area (Å²) in [6.07, 6.45) is 1.82. The fraction of sp³-hybridized carbons (Fsp3) is 0.278. The molecule has 7 heteroatoms. The molecule has 2 rings (SSSR count). The van der Waals surface area contributed by atoms with Gasteiger partial charge in [0.2, 0.25) is 10.0 Å². The summed E-state index contributed by atoms with van der Waals surface area (Å²) in [5, 5.41) is 2.99. The van der Waals surface area contributed by atoms with E-state index in [1.54, 1.807) is 31.4 Å². The zero-order valence-electron chi connectivity index (χ0n) is 14.4. The predicted molar refractivity (Wildman–Crippen MR) is 98.4 cm³/mol. The van der Waals surface area contributed by atoms with Crippen LogP contribution in [0.1, 0.15) is 35.3 Å². The second-order valence-electron chi connectivity index (χ2n) is 5.66. The standard InChI is InChI=1S/C18H22N2O4S/c1-4-17(13-7-11-16(24-2)12-8-13)19-18(21)14-5-9-15(10-6-14)20-25(3,22)23/h5-12,17,20H,4H2,1-3H3,(H,19,21)/t17-/m1/s1. The summed E-state index contributed by atoms with van der Waals surface area (Å²) in [6.45, 7) is 1.99. The van der Waals surface area contributed by atoms with Crippen LogP contribution in [0.4, 0.5) is 5.69 Å². The summed E-state index contributed by atoms with van der Waals surface area (Å²) < 4.78 is 29.9. The van der Waals surface area contributed by atoms with Crippen LogP contribution in [0.3, 0.4) is 0 Å². The van der Waals surface area contributed by atoms with E-state index >= 15 is 0 Å². The fourth-order valence-electron chi connectivity index (χ4n) is 2.40. The molecule has 0 aliphatic rings. The molecule has 0 aliphatic carbocycles. The average molecular weight is 362 g/mol. The van der Waals surface area contributed by atoms with Gasteiger partial charge < -0.3 is 10.1 Å². The van der Waals surface area contributed by atoms with Crippen molar-refractivity contribution < 1.29 is 17.9 Å². The summed E-state index contributed by atoms with van der Waals surface area (Å²) >= 11 is 0. The average Bonchev–Trinajstić information content (AvgIpc) is 2.59. The molecule has 2 aromatic carbocycles. The normalized spacial score (nSPS) is 12.3. The second kappa shape index (κ2) is 8.02. The maximum Gasteiger partial charge on any atom is 0.251 e. The maximum absolute atomic E-state index is 12.4. The van der Waals surface area contributed by atoms with Crippen LogP contribution >= 0.6 is 0 Å². The Hall–Kier alpha value is -2.54. The van der Waals surface area contributed by atoms with Gasteiger partial charge in [0.1, 0.15) is 5.75 Å². The number of carbonyl (C=O) groups excluding carboxylic acids is 1. The van der Waals surface area contributed by atoms with Crippen molar-refractivity contribution in [2.75, 3.05) is 18.1 Å². The van der Waals surface area contributed by atoms with Crippen molar-refractivity contribution in [1.82, 2.24) is 5.32 Å². The zero-order valence-corrected chi connectivity index (χ0v) is 15.3. The monoisotopic (exact) mass is 362 g/mol. The number of hydrogen-bond donors (Lipinski definition) is 2. The number of sulfonamides is 1. The Morgan fingerprint density at radius 1 is 1.08 bits per heavy atom. The van der Waals surface area contributed by atoms with Crippen LogP contribution in [-0.4, -0.2) is 27.7 Å². The van der Waals surface area contributed by atoms with Crippen molar-refractivity contribution >= 4 is 21.6 Å². The van der Waals surface area contributed by atoms with Gasteiger partial charge in [0.15, 0.2) is 0 Å². The number of ether oxygens (including phenoxy) is 1. The molecule has 0 bridgehead atoms. The minimum atomic E-state index is -3.34. The van der Waals surface area contributed by atoms with Gasteiger partial charge in [-0.05, 0) is 48.4 Å². The third-order valence-corrected chi connectivity index (χ3v) is 4.29. The number of carbonyl (C=O) groups is 1. The van der Waals surface area contributed by atoms with Gasteiger partial charge in [-0.1, -0.05) is 19.1 Å². The van der Waals surface area contributed by atoms with E-state index in [9.17, 15) is 13.2 Å². The van der Waals surface area contributed by atoms with Crippen LogP contribution in [0.15, 0.2) is 48.5 Å². The largest absolute Gasteiger partial charge is 0.497 e. The van der Waals surface area contributed by atoms with E-state index in [4.69, 9.17) is 4.74 Å². The molecule has 2 aromatic rings. The highest BCUT2D eigenvalue weighted by Crippen LogP contribution is 2.21. The third kappa shape index (κ3) is 5.49. The Morgan fingerprint density at radius 3 is 2.16 bits per heavy atom. The van der Waals surface area contributed by atoms with Crippen molar-refractivity contribution in [2.24, 2.45) is 0 Å². The lowest BCUT2D eigenvalue weighted by atomic mass is 10.0. The molecule has 6 nitrogen and oxygen atoms in total. The molecule has 0 aromatic heterocycles. The Kier molecular flexibility index (Phi) is 6.03. The van der Waals surface area contributed by atoms with Gasteiger partial charge in [0.25, 0.3) is 5.91 Å². The van der Waals surface area contributed by atoms with E-state index in [0.717, 1.165) is 24.0 Å². The van der Waals surface area contributed by atoms with Crippen LogP contribution in [0.25, 0.3) is 0 Å². The molecular weight excluding hydrogens is 340 g/mol. The van der Waals surface area contributed by atoms with Gasteiger partial charge in [0.05, 0.1) is 19.4 Å². The molecule has 0 fully saturated rings. The Bertz CT molecular complexity index is 815. The summed E-state index contributed by atoms with van der Waals surface area (Å²) in [4.78, 5) is 12.4. The van der Waals surface area contributed by atoms with Crippen molar-refractivity contribution in [1.29, 1.82) is 0 Å². The lowest BCUT2D eigenvalue weighted by Gasteiger charge is -2.18. The lowest BCUT2D eigenvalue weighted by Crippen LogP contribution is -2.28. The number of methoxy groups -OCH3 is 1. The van der Waals surface area contributed by atoms with Crippen LogP contribution in [0.5, 0.6) is 5.75 Å². The van der Waals surface area contributed by atoms with Gasteiger partial charge in [0, 0.05) is 11.3 Å². The molecule has 0 saturated heterocycles. The molecule has 0 heterocycles. The first-order chi connectivity index (χ1) is 11.8. The van der Waals surface area contributed by atoms with Gasteiger partial charge in [-0.3, -0.25) is 9.52 Å². The molecule has 0 radical (unpaired) electrons. The highest BCUT2D eigenvalue weighted by Gasteiger charge is 2.14. The smallest absolute Gasteiger partial charge is 0.251 e. The number of hydrogen-bond acceptors (Lipinski definition) is 4. The first-order valence-corrected chi connectivity index (χ1v) is 9.74. The summed E-state index contributed by atoms with van der Waals surface area (Å²) in [5.41, 5.74) is 1.87. The maximum atomic E-state index is 12.4. The van der Waals surface area contributed by atoms with Crippen LogP contribution in [0, 0.1) is 0 Å². The molecule has 0 unspecified atom stereocenters. The van der Waals surface area contributed by atoms with E-state index < -0.39 is 10.0 Å². The van der Waals surface area contributed by atoms with E-state index in [0.29, 0.717) is 11.3 Å². The van der Waals surface area contributed by atoms with Gasteiger partial charge in [-0.15, -0.1) is 0 Å². The van der Waals surface area contributed by atoms with Crippen LogP contribution < -0.4 is 14.8 Å². The molecule has 0 spiro atoms. The van der Waals surface area contributed by atoms with Gasteiger partial charge in [-0.25, -0.2) is 8.42 Å². The quantitative estimate of drug-likeness (QED) is 0.793. The molecule has 2 N–H and O–H groups in total. The number of benzene rings is 2. The molecule has 0 aliphatic heterocycles. The van der Waals surface area contributed by atoms with Crippen molar-refractivity contribution in [3.05, 3.63) is 59.7 Å². The van der Waals surface area contributed by atoms with Crippen molar-refractivity contribution in [2.45, 2.75) is 19.4 Å². The SMILES string of the molecule is CC[C@@H](NC(=O)c1ccc(NS(C)(=O)=O)cc1)c1ccc(OC)cc1. The Morgan fingerprint density at radius 2 is 1.68 bits per heavy atom. The number of anilines is 1. The molecule has 1 amide bonds. The van der Waals surface area contributed by atoms with E-state index in [2.05, 4.69) is 10.0 Å². The fourth-order valence-corrected chi connectivity index (χ4v) is 2.97. The van der Waals surface area contributed by atoms with E-state index in [-0.39, 0.29) is 11.9 Å². The summed E-state index contributed by atoms with van der Waals surface area (Å²) in [7, 11) is -1.73. The summed E-state index contributed by atoms with van der Waals surface area (Å²) in [5.74, 6) is 0.549. The number of nitrogens with one attached hydrogen (secondary N) is 2. The highest BCUT2D eigenvalue weighted by atomic mass is 32.2. The van der Waals surface area contributed by atoms with Crippen LogP contribution in [0.2, 0.25) is 0 Å². The topological polar surface area (TPSA) is 84.5 Å². The highest BCUT2D eigenvalue weighted by molar-refractivity contribution is 7.92. The van der Waals surface area contributed by atoms with Crippen molar-refractivity contribution in [3.8, 4) is 5.75 Å². The van der Waals surface area contributed by atoms with E-state index in [1.165, 1.54) is 0 Å². The molecule has 25 heavy (non-hydrogen) atoms. The third-order valence-electron chi connectivity index (χ3n) is 3.68. The van der Waals surface area contributed by atoms with Gasteiger partial charge >= 0.3 is 0 Å². The minimum absolute atomic E-state index is 0.118.